The van der Waals surface area contributed by atoms with Gasteiger partial charge in [0.25, 0.3) is 0 Å². The Kier molecular flexibility index (Phi) is 3.43. The minimum atomic E-state index is 0.346. The maximum atomic E-state index is 5.93. The zero-order valence-corrected chi connectivity index (χ0v) is 11.6. The summed E-state index contributed by atoms with van der Waals surface area (Å²) in [5.74, 6) is 1.04. The average Bonchev–Trinajstić information content (AvgIpc) is 3.23. The number of rotatable bonds is 5. The molecule has 1 aliphatic rings. The predicted octanol–water partition coefficient (Wildman–Crippen LogP) is 4.05. The number of benzene rings is 2. The van der Waals surface area contributed by atoms with Gasteiger partial charge in [0.2, 0.25) is 0 Å². The molecule has 1 saturated carbocycles. The van der Waals surface area contributed by atoms with Crippen LogP contribution in [0, 0.1) is 0 Å². The van der Waals surface area contributed by atoms with Gasteiger partial charge in [-0.15, -0.1) is 0 Å². The van der Waals surface area contributed by atoms with E-state index in [-0.39, 0.29) is 0 Å². The SMILES string of the molecule is CCOc1c(C(C)NC2CC2)ccc2ccccc12. The molecule has 0 amide bonds. The van der Waals surface area contributed by atoms with Crippen LogP contribution in [0.2, 0.25) is 0 Å². The second kappa shape index (κ2) is 5.22. The normalized spacial score (nSPS) is 16.5. The molecule has 0 heterocycles. The maximum Gasteiger partial charge on any atom is 0.131 e. The fourth-order valence-electron chi connectivity index (χ4n) is 2.60. The summed E-state index contributed by atoms with van der Waals surface area (Å²) >= 11 is 0. The predicted molar refractivity (Wildman–Crippen MR) is 79.7 cm³/mol. The van der Waals surface area contributed by atoms with Gasteiger partial charge in [0.1, 0.15) is 5.75 Å². The van der Waals surface area contributed by atoms with Gasteiger partial charge >= 0.3 is 0 Å². The third kappa shape index (κ3) is 2.59. The second-order valence-electron chi connectivity index (χ2n) is 5.30. The van der Waals surface area contributed by atoms with Crippen LogP contribution >= 0.6 is 0 Å². The van der Waals surface area contributed by atoms with Crippen LogP contribution in [0.1, 0.15) is 38.3 Å². The quantitative estimate of drug-likeness (QED) is 0.870. The van der Waals surface area contributed by atoms with E-state index >= 15 is 0 Å². The standard InChI is InChI=1S/C17H21NO/c1-3-19-17-15(12(2)18-14-9-10-14)11-8-13-6-4-5-7-16(13)17/h4-8,11-12,14,18H,3,9-10H2,1-2H3. The van der Waals surface area contributed by atoms with Crippen LogP contribution < -0.4 is 10.1 Å². The Morgan fingerprint density at radius 3 is 2.74 bits per heavy atom. The van der Waals surface area contributed by atoms with Crippen LogP contribution in [0.3, 0.4) is 0 Å². The van der Waals surface area contributed by atoms with Crippen LogP contribution in [0.5, 0.6) is 5.75 Å². The van der Waals surface area contributed by atoms with Crippen molar-refractivity contribution in [2.24, 2.45) is 0 Å². The third-order valence-corrected chi connectivity index (χ3v) is 3.73. The first kappa shape index (κ1) is 12.5. The lowest BCUT2D eigenvalue weighted by molar-refractivity contribution is 0.336. The molecule has 19 heavy (non-hydrogen) atoms. The number of hydrogen-bond donors (Lipinski definition) is 1. The lowest BCUT2D eigenvalue weighted by Crippen LogP contribution is -2.21. The van der Waals surface area contributed by atoms with Gasteiger partial charge in [-0.2, -0.15) is 0 Å². The highest BCUT2D eigenvalue weighted by Gasteiger charge is 2.25. The van der Waals surface area contributed by atoms with Gasteiger partial charge in [-0.1, -0.05) is 36.4 Å². The van der Waals surface area contributed by atoms with Crippen LogP contribution in [0.25, 0.3) is 10.8 Å². The van der Waals surface area contributed by atoms with Crippen LogP contribution in [-0.4, -0.2) is 12.6 Å². The summed E-state index contributed by atoms with van der Waals surface area (Å²) in [6.07, 6.45) is 2.61. The van der Waals surface area contributed by atoms with Crippen molar-refractivity contribution in [2.75, 3.05) is 6.61 Å². The van der Waals surface area contributed by atoms with Crippen LogP contribution in [-0.2, 0) is 0 Å². The molecule has 0 bridgehead atoms. The topological polar surface area (TPSA) is 21.3 Å². The number of fused-ring (bicyclic) bond motifs is 1. The molecule has 3 rings (SSSR count). The van der Waals surface area contributed by atoms with Crippen molar-refractivity contribution in [3.05, 3.63) is 42.0 Å². The van der Waals surface area contributed by atoms with Gasteiger partial charge < -0.3 is 10.1 Å². The summed E-state index contributed by atoms with van der Waals surface area (Å²) in [5, 5.41) is 6.11. The minimum absolute atomic E-state index is 0.346. The summed E-state index contributed by atoms with van der Waals surface area (Å²) < 4.78 is 5.93. The molecule has 2 aromatic carbocycles. The molecule has 2 aromatic rings. The molecule has 1 aliphatic carbocycles. The molecular formula is C17H21NO. The Morgan fingerprint density at radius 2 is 2.00 bits per heavy atom. The highest BCUT2D eigenvalue weighted by molar-refractivity contribution is 5.89. The van der Waals surface area contributed by atoms with Gasteiger partial charge in [-0.3, -0.25) is 0 Å². The van der Waals surface area contributed by atoms with Crippen molar-refractivity contribution in [2.45, 2.75) is 38.8 Å². The fourth-order valence-corrected chi connectivity index (χ4v) is 2.60. The molecule has 0 saturated heterocycles. The molecule has 0 radical (unpaired) electrons. The Labute approximate surface area is 114 Å². The van der Waals surface area contributed by atoms with Crippen molar-refractivity contribution >= 4 is 10.8 Å². The summed E-state index contributed by atoms with van der Waals surface area (Å²) in [4.78, 5) is 0. The first-order chi connectivity index (χ1) is 9.29. The zero-order valence-electron chi connectivity index (χ0n) is 11.6. The lowest BCUT2D eigenvalue weighted by Gasteiger charge is -2.19. The highest BCUT2D eigenvalue weighted by atomic mass is 16.5. The van der Waals surface area contributed by atoms with E-state index < -0.39 is 0 Å². The van der Waals surface area contributed by atoms with E-state index in [0.29, 0.717) is 18.7 Å². The molecule has 0 aliphatic heterocycles. The van der Waals surface area contributed by atoms with E-state index in [9.17, 15) is 0 Å². The zero-order chi connectivity index (χ0) is 13.2. The Hall–Kier alpha value is -1.54. The van der Waals surface area contributed by atoms with Gasteiger partial charge in [0.05, 0.1) is 6.61 Å². The first-order valence-electron chi connectivity index (χ1n) is 7.20. The third-order valence-electron chi connectivity index (χ3n) is 3.73. The minimum Gasteiger partial charge on any atom is -0.493 e. The Bertz CT molecular complexity index is 574. The molecule has 100 valence electrons. The average molecular weight is 255 g/mol. The smallest absolute Gasteiger partial charge is 0.131 e. The Balaban J connectivity index is 2.03. The number of nitrogens with one attached hydrogen (secondary N) is 1. The number of hydrogen-bond acceptors (Lipinski definition) is 2. The fraction of sp³-hybridized carbons (Fsp3) is 0.412. The van der Waals surface area contributed by atoms with Crippen molar-refractivity contribution in [1.82, 2.24) is 5.32 Å². The highest BCUT2D eigenvalue weighted by Crippen LogP contribution is 2.35. The van der Waals surface area contributed by atoms with Crippen molar-refractivity contribution in [3.8, 4) is 5.75 Å². The molecule has 1 unspecified atom stereocenters. The molecule has 1 N–H and O–H groups in total. The lowest BCUT2D eigenvalue weighted by atomic mass is 10.0. The summed E-state index contributed by atoms with van der Waals surface area (Å²) in [6, 6.07) is 13.9. The van der Waals surface area contributed by atoms with E-state index in [1.807, 2.05) is 6.92 Å². The van der Waals surface area contributed by atoms with Gasteiger partial charge in [0.15, 0.2) is 0 Å². The van der Waals surface area contributed by atoms with E-state index in [0.717, 1.165) is 5.75 Å². The molecular weight excluding hydrogens is 234 g/mol. The van der Waals surface area contributed by atoms with Gasteiger partial charge in [-0.25, -0.2) is 0 Å². The number of ether oxygens (including phenoxy) is 1. The molecule has 0 spiro atoms. The molecule has 1 fully saturated rings. The van der Waals surface area contributed by atoms with E-state index in [4.69, 9.17) is 4.74 Å². The van der Waals surface area contributed by atoms with Crippen LogP contribution in [0.15, 0.2) is 36.4 Å². The largest absolute Gasteiger partial charge is 0.493 e. The van der Waals surface area contributed by atoms with E-state index in [2.05, 4.69) is 48.6 Å². The molecule has 1 atom stereocenters. The van der Waals surface area contributed by atoms with E-state index in [1.165, 1.54) is 29.2 Å². The summed E-state index contributed by atoms with van der Waals surface area (Å²) in [7, 11) is 0. The second-order valence-corrected chi connectivity index (χ2v) is 5.30. The van der Waals surface area contributed by atoms with Gasteiger partial charge in [-0.05, 0) is 32.1 Å². The van der Waals surface area contributed by atoms with Crippen molar-refractivity contribution in [1.29, 1.82) is 0 Å². The maximum absolute atomic E-state index is 5.93. The molecule has 2 nitrogen and oxygen atoms in total. The van der Waals surface area contributed by atoms with Crippen molar-refractivity contribution in [3.63, 3.8) is 0 Å². The summed E-state index contributed by atoms with van der Waals surface area (Å²) in [6.45, 7) is 4.98. The monoisotopic (exact) mass is 255 g/mol. The molecule has 0 aromatic heterocycles. The van der Waals surface area contributed by atoms with Crippen molar-refractivity contribution < 1.29 is 4.74 Å². The van der Waals surface area contributed by atoms with E-state index in [1.54, 1.807) is 0 Å². The van der Waals surface area contributed by atoms with Crippen LogP contribution in [0.4, 0.5) is 0 Å². The Morgan fingerprint density at radius 1 is 1.21 bits per heavy atom. The summed E-state index contributed by atoms with van der Waals surface area (Å²) in [5.41, 5.74) is 1.27. The molecule has 2 heteroatoms. The van der Waals surface area contributed by atoms with Gasteiger partial charge in [0, 0.05) is 23.0 Å². The first-order valence-corrected chi connectivity index (χ1v) is 7.20.